The van der Waals surface area contributed by atoms with Crippen LogP contribution >= 0.6 is 0 Å². The van der Waals surface area contributed by atoms with Crippen molar-refractivity contribution in [2.45, 2.75) is 39.7 Å². The van der Waals surface area contributed by atoms with Gasteiger partial charge in [0.05, 0.1) is 6.20 Å². The molecule has 6 heteroatoms. The van der Waals surface area contributed by atoms with Gasteiger partial charge in [-0.25, -0.2) is 9.78 Å². The second kappa shape index (κ2) is 6.27. The highest BCUT2D eigenvalue weighted by atomic mass is 16.6. The fourth-order valence-corrected chi connectivity index (χ4v) is 3.32. The van der Waals surface area contributed by atoms with Crippen LogP contribution in [0.5, 0.6) is 0 Å². The monoisotopic (exact) mass is 341 g/mol. The number of carbonyl (C=O) groups is 1. The second-order valence-corrected chi connectivity index (χ2v) is 7.30. The van der Waals surface area contributed by atoms with E-state index in [2.05, 4.69) is 30.7 Å². The minimum absolute atomic E-state index is 0.200. The van der Waals surface area contributed by atoms with Gasteiger partial charge in [0.25, 0.3) is 0 Å². The van der Waals surface area contributed by atoms with E-state index in [1.54, 1.807) is 13.1 Å². The van der Waals surface area contributed by atoms with Gasteiger partial charge in [-0.3, -0.25) is 0 Å². The Hall–Kier alpha value is -2.76. The van der Waals surface area contributed by atoms with E-state index in [4.69, 9.17) is 14.9 Å². The lowest BCUT2D eigenvalue weighted by Crippen LogP contribution is -2.30. The van der Waals surface area contributed by atoms with Crippen LogP contribution < -0.4 is 5.73 Å². The third-order valence-corrected chi connectivity index (χ3v) is 4.32. The van der Waals surface area contributed by atoms with E-state index in [0.717, 1.165) is 16.5 Å². The lowest BCUT2D eigenvalue weighted by molar-refractivity contribution is 0.0407. The standard InChI is InChI=1S/C19H23N3O3/c1-11-9-22-17(24-11)16(25-18(20)23)15(19(2,3)4)13-10-21-14-8-6-5-7-12(13)14/h5-10,15-16,21H,1-4H3,(H2,20,23)/t15?,16-/m1/s1. The molecule has 0 aliphatic heterocycles. The Labute approximate surface area is 146 Å². The molecule has 1 unspecified atom stereocenters. The zero-order valence-corrected chi connectivity index (χ0v) is 14.9. The van der Waals surface area contributed by atoms with Crippen LogP contribution in [0.1, 0.15) is 50.0 Å². The number of rotatable bonds is 4. The van der Waals surface area contributed by atoms with Crippen molar-refractivity contribution < 1.29 is 13.9 Å². The highest BCUT2D eigenvalue weighted by molar-refractivity contribution is 5.84. The van der Waals surface area contributed by atoms with Gasteiger partial charge in [0.1, 0.15) is 5.76 Å². The largest absolute Gasteiger partial charge is 0.442 e. The summed E-state index contributed by atoms with van der Waals surface area (Å²) in [5, 5.41) is 1.07. The Bertz CT molecular complexity index is 889. The number of aromatic amines is 1. The maximum atomic E-state index is 11.6. The molecule has 1 amide bonds. The van der Waals surface area contributed by atoms with Crippen molar-refractivity contribution >= 4 is 17.0 Å². The number of aromatic nitrogens is 2. The summed E-state index contributed by atoms with van der Waals surface area (Å²) in [6, 6.07) is 8.02. The zero-order valence-electron chi connectivity index (χ0n) is 14.9. The molecule has 0 fully saturated rings. The summed E-state index contributed by atoms with van der Waals surface area (Å²) in [5.74, 6) is 0.801. The predicted octanol–water partition coefficient (Wildman–Crippen LogP) is 4.43. The summed E-state index contributed by atoms with van der Waals surface area (Å²) < 4.78 is 11.2. The van der Waals surface area contributed by atoms with Gasteiger partial charge in [-0.2, -0.15) is 0 Å². The number of ether oxygens (including phenoxy) is 1. The molecule has 6 nitrogen and oxygen atoms in total. The van der Waals surface area contributed by atoms with Gasteiger partial charge in [-0.05, 0) is 24.0 Å². The second-order valence-electron chi connectivity index (χ2n) is 7.30. The number of benzene rings is 1. The molecule has 0 aliphatic carbocycles. The number of nitrogens with one attached hydrogen (secondary N) is 1. The van der Waals surface area contributed by atoms with Crippen LogP contribution in [0, 0.1) is 12.3 Å². The topological polar surface area (TPSA) is 94.1 Å². The molecular formula is C19H23N3O3. The number of oxazole rings is 1. The van der Waals surface area contributed by atoms with Crippen molar-refractivity contribution in [1.82, 2.24) is 9.97 Å². The fraction of sp³-hybridized carbons (Fsp3) is 0.368. The van der Waals surface area contributed by atoms with Crippen LogP contribution in [0.15, 0.2) is 41.1 Å². The van der Waals surface area contributed by atoms with Gasteiger partial charge in [-0.1, -0.05) is 39.0 Å². The molecule has 1 aromatic carbocycles. The number of amides is 1. The third kappa shape index (κ3) is 3.38. The highest BCUT2D eigenvalue weighted by Gasteiger charge is 2.40. The highest BCUT2D eigenvalue weighted by Crippen LogP contribution is 2.47. The van der Waals surface area contributed by atoms with Crippen LogP contribution in [-0.2, 0) is 4.74 Å². The molecule has 0 aliphatic rings. The summed E-state index contributed by atoms with van der Waals surface area (Å²) >= 11 is 0. The van der Waals surface area contributed by atoms with E-state index < -0.39 is 12.2 Å². The summed E-state index contributed by atoms with van der Waals surface area (Å²) in [6.07, 6.45) is 2.00. The number of primary amides is 1. The van der Waals surface area contributed by atoms with Crippen molar-refractivity contribution in [3.05, 3.63) is 53.9 Å². The van der Waals surface area contributed by atoms with Crippen molar-refractivity contribution in [3.8, 4) is 0 Å². The van der Waals surface area contributed by atoms with E-state index in [-0.39, 0.29) is 11.3 Å². The Kier molecular flexibility index (Phi) is 4.29. The first-order valence-electron chi connectivity index (χ1n) is 8.22. The minimum Gasteiger partial charge on any atom is -0.442 e. The van der Waals surface area contributed by atoms with Crippen LogP contribution in [0.2, 0.25) is 0 Å². The third-order valence-electron chi connectivity index (χ3n) is 4.32. The average molecular weight is 341 g/mol. The number of aryl methyl sites for hydroxylation is 1. The number of fused-ring (bicyclic) bond motifs is 1. The molecule has 3 aromatic rings. The van der Waals surface area contributed by atoms with Crippen LogP contribution in [0.25, 0.3) is 10.9 Å². The predicted molar refractivity (Wildman–Crippen MR) is 95.1 cm³/mol. The summed E-state index contributed by atoms with van der Waals surface area (Å²) in [4.78, 5) is 19.1. The number of carbonyl (C=O) groups excluding carboxylic acids is 1. The van der Waals surface area contributed by atoms with Gasteiger partial charge in [0, 0.05) is 23.0 Å². The lowest BCUT2D eigenvalue weighted by atomic mass is 9.73. The SMILES string of the molecule is Cc1cnc([C@H](OC(N)=O)C(c2c[nH]c3ccccc23)C(C)(C)C)o1. The summed E-state index contributed by atoms with van der Waals surface area (Å²) in [5.41, 5.74) is 7.16. The molecule has 25 heavy (non-hydrogen) atoms. The first-order chi connectivity index (χ1) is 11.8. The lowest BCUT2D eigenvalue weighted by Gasteiger charge is -2.34. The quantitative estimate of drug-likeness (QED) is 0.734. The van der Waals surface area contributed by atoms with Gasteiger partial charge < -0.3 is 19.9 Å². The molecule has 0 bridgehead atoms. The van der Waals surface area contributed by atoms with Crippen molar-refractivity contribution in [2.24, 2.45) is 11.1 Å². The van der Waals surface area contributed by atoms with Crippen LogP contribution in [-0.4, -0.2) is 16.1 Å². The van der Waals surface area contributed by atoms with Crippen molar-refractivity contribution in [2.75, 3.05) is 0 Å². The smallest absolute Gasteiger partial charge is 0.405 e. The molecule has 132 valence electrons. The van der Waals surface area contributed by atoms with E-state index in [9.17, 15) is 4.79 Å². The van der Waals surface area contributed by atoms with Gasteiger partial charge >= 0.3 is 6.09 Å². The molecule has 0 saturated heterocycles. The number of hydrogen-bond donors (Lipinski definition) is 2. The molecule has 0 spiro atoms. The van der Waals surface area contributed by atoms with E-state index in [1.165, 1.54) is 0 Å². The number of nitrogens with zero attached hydrogens (tertiary/aromatic N) is 1. The zero-order chi connectivity index (χ0) is 18.2. The van der Waals surface area contributed by atoms with E-state index >= 15 is 0 Å². The summed E-state index contributed by atoms with van der Waals surface area (Å²) in [7, 11) is 0. The molecule has 3 rings (SSSR count). The van der Waals surface area contributed by atoms with Crippen molar-refractivity contribution in [3.63, 3.8) is 0 Å². The maximum absolute atomic E-state index is 11.6. The molecule has 2 heterocycles. The number of hydrogen-bond acceptors (Lipinski definition) is 4. The molecule has 3 N–H and O–H groups in total. The maximum Gasteiger partial charge on any atom is 0.405 e. The normalized spacial score (nSPS) is 14.4. The van der Waals surface area contributed by atoms with E-state index in [0.29, 0.717) is 11.7 Å². The molecule has 2 aromatic heterocycles. The van der Waals surface area contributed by atoms with E-state index in [1.807, 2.05) is 30.5 Å². The van der Waals surface area contributed by atoms with Crippen LogP contribution in [0.4, 0.5) is 4.79 Å². The Morgan fingerprint density at radius 2 is 2.04 bits per heavy atom. The van der Waals surface area contributed by atoms with Gasteiger partial charge in [0.15, 0.2) is 6.10 Å². The van der Waals surface area contributed by atoms with Gasteiger partial charge in [0.2, 0.25) is 5.89 Å². The van der Waals surface area contributed by atoms with Crippen molar-refractivity contribution in [1.29, 1.82) is 0 Å². The fourth-order valence-electron chi connectivity index (χ4n) is 3.32. The van der Waals surface area contributed by atoms with Gasteiger partial charge in [-0.15, -0.1) is 0 Å². The van der Waals surface area contributed by atoms with Crippen LogP contribution in [0.3, 0.4) is 0 Å². The first-order valence-corrected chi connectivity index (χ1v) is 8.22. The Morgan fingerprint density at radius 3 is 2.64 bits per heavy atom. The number of nitrogens with two attached hydrogens (primary N) is 1. The molecule has 0 saturated carbocycles. The summed E-state index contributed by atoms with van der Waals surface area (Å²) in [6.45, 7) is 8.07. The Balaban J connectivity index is 2.17. The number of para-hydroxylation sites is 1. The first kappa shape index (κ1) is 17.1. The molecule has 0 radical (unpaired) electrons. The molecular weight excluding hydrogens is 318 g/mol. The Morgan fingerprint density at radius 1 is 1.32 bits per heavy atom. The molecule has 2 atom stereocenters. The average Bonchev–Trinajstić information content (AvgIpc) is 3.12. The number of H-pyrrole nitrogens is 1. The minimum atomic E-state index is -0.852.